The van der Waals surface area contributed by atoms with E-state index in [9.17, 15) is 14.4 Å². The Morgan fingerprint density at radius 1 is 1.21 bits per heavy atom. The SMILES string of the molecule is CC1(C)OC(=O)C(=CNc2ccc3[nH]c(C(=O)O)cc3c2)C(=O)O1. The molecule has 1 aliphatic rings. The minimum Gasteiger partial charge on any atom is -0.477 e. The number of anilines is 1. The standard InChI is InChI=1S/C16H14N2O6/c1-16(2)23-14(21)10(15(22)24-16)7-17-9-3-4-11-8(5-9)6-12(18-11)13(19)20/h3-7,17-18H,1-2H3,(H,19,20). The van der Waals surface area contributed by atoms with Crippen molar-refractivity contribution >= 4 is 34.5 Å². The summed E-state index contributed by atoms with van der Waals surface area (Å²) < 4.78 is 9.97. The molecule has 0 amide bonds. The van der Waals surface area contributed by atoms with Gasteiger partial charge < -0.3 is 24.9 Å². The number of carbonyl (C=O) groups excluding carboxylic acids is 2. The number of benzene rings is 1. The highest BCUT2D eigenvalue weighted by Gasteiger charge is 2.38. The first-order chi connectivity index (χ1) is 11.2. The Balaban J connectivity index is 1.83. The fraction of sp³-hybridized carbons (Fsp3) is 0.188. The van der Waals surface area contributed by atoms with E-state index in [1.54, 1.807) is 18.2 Å². The van der Waals surface area contributed by atoms with Crippen molar-refractivity contribution in [1.29, 1.82) is 0 Å². The van der Waals surface area contributed by atoms with Crippen LogP contribution in [0, 0.1) is 0 Å². The normalized spacial score (nSPS) is 16.5. The number of aromatic nitrogens is 1. The molecule has 2 heterocycles. The first-order valence-electron chi connectivity index (χ1n) is 7.05. The number of esters is 2. The van der Waals surface area contributed by atoms with Crippen LogP contribution in [-0.2, 0) is 19.1 Å². The Kier molecular flexibility index (Phi) is 3.52. The zero-order valence-corrected chi connectivity index (χ0v) is 12.9. The van der Waals surface area contributed by atoms with Crippen molar-refractivity contribution in [2.45, 2.75) is 19.6 Å². The van der Waals surface area contributed by atoms with Crippen LogP contribution in [0.5, 0.6) is 0 Å². The Morgan fingerprint density at radius 3 is 2.50 bits per heavy atom. The van der Waals surface area contributed by atoms with Crippen molar-refractivity contribution in [2.75, 3.05) is 5.32 Å². The van der Waals surface area contributed by atoms with Crippen LogP contribution < -0.4 is 5.32 Å². The van der Waals surface area contributed by atoms with Gasteiger partial charge in [-0.25, -0.2) is 14.4 Å². The summed E-state index contributed by atoms with van der Waals surface area (Å²) >= 11 is 0. The average molecular weight is 330 g/mol. The molecule has 2 aromatic rings. The molecule has 3 N–H and O–H groups in total. The highest BCUT2D eigenvalue weighted by molar-refractivity contribution is 6.15. The molecule has 124 valence electrons. The van der Waals surface area contributed by atoms with Gasteiger partial charge >= 0.3 is 17.9 Å². The molecule has 0 radical (unpaired) electrons. The van der Waals surface area contributed by atoms with Gasteiger partial charge in [0, 0.05) is 36.6 Å². The molecule has 3 rings (SSSR count). The van der Waals surface area contributed by atoms with Gasteiger partial charge in [-0.2, -0.15) is 0 Å². The Bertz CT molecular complexity index is 871. The Morgan fingerprint density at radius 2 is 1.88 bits per heavy atom. The van der Waals surface area contributed by atoms with Gasteiger partial charge in [0.15, 0.2) is 5.57 Å². The second-order valence-corrected chi connectivity index (χ2v) is 5.67. The molecule has 8 heteroatoms. The van der Waals surface area contributed by atoms with E-state index in [4.69, 9.17) is 14.6 Å². The molecule has 24 heavy (non-hydrogen) atoms. The quantitative estimate of drug-likeness (QED) is 0.447. The number of carboxylic acid groups (broad SMARTS) is 1. The summed E-state index contributed by atoms with van der Waals surface area (Å²) in [5.41, 5.74) is 1.04. The fourth-order valence-electron chi connectivity index (χ4n) is 2.27. The number of aromatic amines is 1. The van der Waals surface area contributed by atoms with Gasteiger partial charge in [0.2, 0.25) is 0 Å². The third-order valence-electron chi connectivity index (χ3n) is 3.35. The summed E-state index contributed by atoms with van der Waals surface area (Å²) in [6.07, 6.45) is 1.20. The lowest BCUT2D eigenvalue weighted by molar-refractivity contribution is -0.222. The highest BCUT2D eigenvalue weighted by atomic mass is 16.7. The van der Waals surface area contributed by atoms with Crippen molar-refractivity contribution in [1.82, 2.24) is 4.98 Å². The van der Waals surface area contributed by atoms with E-state index in [2.05, 4.69) is 10.3 Å². The monoisotopic (exact) mass is 330 g/mol. The van der Waals surface area contributed by atoms with Gasteiger partial charge in [-0.3, -0.25) is 0 Å². The van der Waals surface area contributed by atoms with Crippen LogP contribution in [0.15, 0.2) is 36.0 Å². The number of hydrogen-bond acceptors (Lipinski definition) is 6. The molecule has 0 atom stereocenters. The topological polar surface area (TPSA) is 118 Å². The van der Waals surface area contributed by atoms with Crippen molar-refractivity contribution in [3.8, 4) is 0 Å². The van der Waals surface area contributed by atoms with Crippen LogP contribution in [0.2, 0.25) is 0 Å². The zero-order chi connectivity index (χ0) is 17.5. The third kappa shape index (κ3) is 2.94. The average Bonchev–Trinajstić information content (AvgIpc) is 2.88. The second-order valence-electron chi connectivity index (χ2n) is 5.67. The van der Waals surface area contributed by atoms with Gasteiger partial charge in [-0.05, 0) is 24.3 Å². The van der Waals surface area contributed by atoms with Gasteiger partial charge in [-0.1, -0.05) is 0 Å². The molecule has 1 aromatic carbocycles. The maximum absolute atomic E-state index is 11.8. The third-order valence-corrected chi connectivity index (χ3v) is 3.35. The number of H-pyrrole nitrogens is 1. The van der Waals surface area contributed by atoms with E-state index in [-0.39, 0.29) is 11.3 Å². The van der Waals surface area contributed by atoms with Crippen LogP contribution in [0.4, 0.5) is 5.69 Å². The van der Waals surface area contributed by atoms with E-state index in [0.717, 1.165) is 0 Å². The number of cyclic esters (lactones) is 2. The first kappa shape index (κ1) is 15.6. The number of nitrogens with one attached hydrogen (secondary N) is 2. The molecule has 1 saturated heterocycles. The fourth-order valence-corrected chi connectivity index (χ4v) is 2.27. The van der Waals surface area contributed by atoms with E-state index in [0.29, 0.717) is 16.6 Å². The summed E-state index contributed by atoms with van der Waals surface area (Å²) in [6.45, 7) is 2.93. The predicted molar refractivity (Wildman–Crippen MR) is 83.2 cm³/mol. The molecule has 1 fully saturated rings. The molecule has 0 bridgehead atoms. The smallest absolute Gasteiger partial charge is 0.352 e. The van der Waals surface area contributed by atoms with Crippen molar-refractivity contribution < 1.29 is 29.0 Å². The number of fused-ring (bicyclic) bond motifs is 1. The van der Waals surface area contributed by atoms with E-state index in [1.165, 1.54) is 26.1 Å². The van der Waals surface area contributed by atoms with Gasteiger partial charge in [0.1, 0.15) is 5.69 Å². The molecular weight excluding hydrogens is 316 g/mol. The van der Waals surface area contributed by atoms with Crippen LogP contribution in [0.25, 0.3) is 10.9 Å². The maximum atomic E-state index is 11.8. The molecule has 8 nitrogen and oxygen atoms in total. The minimum atomic E-state index is -1.29. The summed E-state index contributed by atoms with van der Waals surface area (Å²) in [4.78, 5) is 37.4. The minimum absolute atomic E-state index is 0.0715. The maximum Gasteiger partial charge on any atom is 0.352 e. The van der Waals surface area contributed by atoms with Gasteiger partial charge in [0.05, 0.1) is 0 Å². The summed E-state index contributed by atoms with van der Waals surface area (Å²) in [6, 6.07) is 6.52. The molecule has 0 saturated carbocycles. The first-order valence-corrected chi connectivity index (χ1v) is 7.05. The lowest BCUT2D eigenvalue weighted by atomic mass is 10.2. The van der Waals surface area contributed by atoms with E-state index < -0.39 is 23.7 Å². The van der Waals surface area contributed by atoms with Crippen molar-refractivity contribution in [3.63, 3.8) is 0 Å². The molecule has 0 unspecified atom stereocenters. The van der Waals surface area contributed by atoms with Crippen molar-refractivity contribution in [3.05, 3.63) is 41.7 Å². The number of carboxylic acids is 1. The highest BCUT2D eigenvalue weighted by Crippen LogP contribution is 2.24. The molecular formula is C16H14N2O6. The van der Waals surface area contributed by atoms with Crippen LogP contribution in [0.1, 0.15) is 24.3 Å². The summed E-state index contributed by atoms with van der Waals surface area (Å²) in [7, 11) is 0. The lowest BCUT2D eigenvalue weighted by Crippen LogP contribution is -2.42. The molecule has 0 spiro atoms. The lowest BCUT2D eigenvalue weighted by Gasteiger charge is -2.29. The Labute approximate surface area is 136 Å². The van der Waals surface area contributed by atoms with Crippen LogP contribution >= 0.6 is 0 Å². The summed E-state index contributed by atoms with van der Waals surface area (Å²) in [5, 5.41) is 12.5. The Hall–Kier alpha value is -3.29. The predicted octanol–water partition coefficient (Wildman–Crippen LogP) is 2.00. The number of rotatable bonds is 3. The van der Waals surface area contributed by atoms with Gasteiger partial charge in [0.25, 0.3) is 5.79 Å². The van der Waals surface area contributed by atoms with Gasteiger partial charge in [-0.15, -0.1) is 0 Å². The number of carbonyl (C=O) groups is 3. The summed E-state index contributed by atoms with van der Waals surface area (Å²) in [5.74, 6) is -3.90. The van der Waals surface area contributed by atoms with Crippen LogP contribution in [-0.4, -0.2) is 33.8 Å². The molecule has 1 aromatic heterocycles. The number of hydrogen-bond donors (Lipinski definition) is 3. The van der Waals surface area contributed by atoms with Crippen molar-refractivity contribution in [2.24, 2.45) is 0 Å². The number of aromatic carboxylic acids is 1. The van der Waals surface area contributed by atoms with Crippen LogP contribution in [0.3, 0.4) is 0 Å². The molecule has 1 aliphatic heterocycles. The zero-order valence-electron chi connectivity index (χ0n) is 12.9. The van der Waals surface area contributed by atoms with E-state index in [1.807, 2.05) is 0 Å². The second kappa shape index (κ2) is 5.41. The molecule has 0 aliphatic carbocycles. The number of ether oxygens (including phenoxy) is 2. The van der Waals surface area contributed by atoms with E-state index >= 15 is 0 Å². The largest absolute Gasteiger partial charge is 0.477 e.